The van der Waals surface area contributed by atoms with Crippen molar-refractivity contribution in [3.05, 3.63) is 44.7 Å². The van der Waals surface area contributed by atoms with E-state index in [1.165, 1.54) is 18.4 Å². The SMILES string of the molecule is COc1ccc(Cl)cc1C(=O)N=c1sc(C(C)(C)C)cn1CC1CCCCN1C(=O)OC(C)(C)C. The minimum atomic E-state index is -0.559. The van der Waals surface area contributed by atoms with Crippen LogP contribution in [0.5, 0.6) is 5.75 Å². The largest absolute Gasteiger partial charge is 0.496 e. The number of aromatic nitrogens is 1. The highest BCUT2D eigenvalue weighted by Gasteiger charge is 2.31. The van der Waals surface area contributed by atoms with Crippen LogP contribution in [-0.4, -0.2) is 46.8 Å². The van der Waals surface area contributed by atoms with Gasteiger partial charge in [-0.2, -0.15) is 4.99 Å². The normalized spacial score (nSPS) is 17.4. The molecule has 2 aromatic rings. The van der Waals surface area contributed by atoms with Crippen molar-refractivity contribution in [1.82, 2.24) is 9.47 Å². The highest BCUT2D eigenvalue weighted by Crippen LogP contribution is 2.27. The molecule has 0 aliphatic carbocycles. The van der Waals surface area contributed by atoms with E-state index >= 15 is 0 Å². The number of nitrogens with zero attached hydrogens (tertiary/aromatic N) is 3. The first-order chi connectivity index (χ1) is 16.3. The smallest absolute Gasteiger partial charge is 0.410 e. The van der Waals surface area contributed by atoms with Gasteiger partial charge >= 0.3 is 6.09 Å². The summed E-state index contributed by atoms with van der Waals surface area (Å²) in [6.45, 7) is 13.2. The van der Waals surface area contributed by atoms with Crippen molar-refractivity contribution in [3.8, 4) is 5.75 Å². The van der Waals surface area contributed by atoms with Gasteiger partial charge in [-0.3, -0.25) is 4.79 Å². The van der Waals surface area contributed by atoms with Crippen molar-refractivity contribution in [2.75, 3.05) is 13.7 Å². The van der Waals surface area contributed by atoms with Crippen LogP contribution in [0.3, 0.4) is 0 Å². The Balaban J connectivity index is 1.99. The third-order valence-corrected chi connectivity index (χ3v) is 7.39. The number of likely N-dealkylation sites (tertiary alicyclic amines) is 1. The van der Waals surface area contributed by atoms with Gasteiger partial charge in [0.15, 0.2) is 4.80 Å². The molecule has 35 heavy (non-hydrogen) atoms. The molecule has 2 amide bonds. The first kappa shape index (κ1) is 27.3. The number of halogens is 1. The molecule has 3 rings (SSSR count). The molecule has 1 aromatic heterocycles. The predicted octanol–water partition coefficient (Wildman–Crippen LogP) is 6.04. The molecule has 1 aromatic carbocycles. The summed E-state index contributed by atoms with van der Waals surface area (Å²) in [5.41, 5.74) is -0.365. The molecule has 9 heteroatoms. The van der Waals surface area contributed by atoms with Crippen LogP contribution in [0, 0.1) is 0 Å². The summed E-state index contributed by atoms with van der Waals surface area (Å²) in [6.07, 6.45) is 4.59. The molecule has 0 bridgehead atoms. The number of carbonyl (C=O) groups excluding carboxylic acids is 2. The molecule has 0 radical (unpaired) electrons. The van der Waals surface area contributed by atoms with Crippen LogP contribution in [-0.2, 0) is 16.7 Å². The summed E-state index contributed by atoms with van der Waals surface area (Å²) in [6, 6.07) is 4.86. The van der Waals surface area contributed by atoms with E-state index in [0.29, 0.717) is 34.2 Å². The zero-order valence-corrected chi connectivity index (χ0v) is 23.3. The number of carbonyl (C=O) groups is 2. The molecule has 1 aliphatic rings. The molecule has 192 valence electrons. The molecular weight excluding hydrogens is 486 g/mol. The zero-order chi connectivity index (χ0) is 26.0. The van der Waals surface area contributed by atoms with Crippen LogP contribution < -0.4 is 9.54 Å². The lowest BCUT2D eigenvalue weighted by molar-refractivity contribution is 0.00768. The second-order valence-corrected chi connectivity index (χ2v) is 12.3. The number of hydrogen-bond acceptors (Lipinski definition) is 5. The van der Waals surface area contributed by atoms with Crippen molar-refractivity contribution < 1.29 is 19.1 Å². The molecule has 7 nitrogen and oxygen atoms in total. The van der Waals surface area contributed by atoms with Crippen molar-refractivity contribution in [2.45, 2.75) is 84.4 Å². The fourth-order valence-electron chi connectivity index (χ4n) is 3.92. The van der Waals surface area contributed by atoms with E-state index in [9.17, 15) is 9.59 Å². The van der Waals surface area contributed by atoms with Gasteiger partial charge in [0, 0.05) is 29.2 Å². The highest BCUT2D eigenvalue weighted by atomic mass is 35.5. The van der Waals surface area contributed by atoms with E-state index in [2.05, 4.69) is 25.8 Å². The van der Waals surface area contributed by atoms with Gasteiger partial charge in [-0.25, -0.2) is 4.79 Å². The van der Waals surface area contributed by atoms with Crippen LogP contribution in [0.25, 0.3) is 0 Å². The van der Waals surface area contributed by atoms with E-state index in [-0.39, 0.29) is 17.6 Å². The lowest BCUT2D eigenvalue weighted by atomic mass is 9.95. The van der Waals surface area contributed by atoms with Gasteiger partial charge in [0.25, 0.3) is 5.91 Å². The van der Waals surface area contributed by atoms with Crippen LogP contribution in [0.2, 0.25) is 5.02 Å². The monoisotopic (exact) mass is 521 g/mol. The maximum atomic E-state index is 13.2. The van der Waals surface area contributed by atoms with Gasteiger partial charge in [0.1, 0.15) is 11.4 Å². The molecule has 2 heterocycles. The van der Waals surface area contributed by atoms with Crippen molar-refractivity contribution in [3.63, 3.8) is 0 Å². The molecule has 0 spiro atoms. The molecular formula is C26H36ClN3O4S. The minimum Gasteiger partial charge on any atom is -0.496 e. The van der Waals surface area contributed by atoms with E-state index in [0.717, 1.165) is 24.1 Å². The van der Waals surface area contributed by atoms with Crippen molar-refractivity contribution in [1.29, 1.82) is 0 Å². The van der Waals surface area contributed by atoms with Crippen LogP contribution in [0.1, 0.15) is 76.0 Å². The molecule has 1 unspecified atom stereocenters. The average Bonchev–Trinajstić information content (AvgIpc) is 3.15. The Hall–Kier alpha value is -2.32. The number of rotatable bonds is 4. The molecule has 0 N–H and O–H groups in total. The Bertz CT molecular complexity index is 1140. The number of hydrogen-bond donors (Lipinski definition) is 0. The number of thiazole rings is 1. The lowest BCUT2D eigenvalue weighted by Crippen LogP contribution is -2.48. The molecule has 0 saturated carbocycles. The van der Waals surface area contributed by atoms with Crippen LogP contribution >= 0.6 is 22.9 Å². The summed E-state index contributed by atoms with van der Waals surface area (Å²) in [5, 5.41) is 0.439. The average molecular weight is 522 g/mol. The number of benzene rings is 1. The standard InChI is InChI=1S/C26H36ClN3O4S/c1-25(2,3)21-16-29(15-18-10-8-9-13-30(18)24(32)34-26(4,5)6)23(35-21)28-22(31)19-14-17(27)11-12-20(19)33-7/h11-12,14,16,18H,8-10,13,15H2,1-7H3. The number of piperidine rings is 1. The van der Waals surface area contributed by atoms with E-state index in [4.69, 9.17) is 21.1 Å². The Morgan fingerprint density at radius 1 is 1.17 bits per heavy atom. The van der Waals surface area contributed by atoms with Gasteiger partial charge in [-0.1, -0.05) is 32.4 Å². The summed E-state index contributed by atoms with van der Waals surface area (Å²) in [4.78, 5) is 34.1. The highest BCUT2D eigenvalue weighted by molar-refractivity contribution is 7.09. The first-order valence-corrected chi connectivity index (χ1v) is 13.1. The fourth-order valence-corrected chi connectivity index (χ4v) is 5.15. The van der Waals surface area contributed by atoms with E-state index in [1.807, 2.05) is 36.4 Å². The second kappa shape index (κ2) is 10.7. The second-order valence-electron chi connectivity index (χ2n) is 10.9. The van der Waals surface area contributed by atoms with Gasteiger partial charge < -0.3 is 18.9 Å². The summed E-state index contributed by atoms with van der Waals surface area (Å²) >= 11 is 7.62. The molecule has 1 fully saturated rings. The Morgan fingerprint density at radius 3 is 2.51 bits per heavy atom. The summed E-state index contributed by atoms with van der Waals surface area (Å²) in [7, 11) is 1.51. The van der Waals surface area contributed by atoms with Crippen molar-refractivity contribution >= 4 is 34.9 Å². The van der Waals surface area contributed by atoms with E-state index < -0.39 is 11.5 Å². The molecule has 1 aliphatic heterocycles. The maximum Gasteiger partial charge on any atom is 0.410 e. The van der Waals surface area contributed by atoms with Crippen LogP contribution in [0.4, 0.5) is 4.79 Å². The third-order valence-electron chi connectivity index (χ3n) is 5.71. The van der Waals surface area contributed by atoms with Gasteiger partial charge in [-0.15, -0.1) is 11.3 Å². The number of amides is 2. The number of methoxy groups -OCH3 is 1. The van der Waals surface area contributed by atoms with Crippen LogP contribution in [0.15, 0.2) is 29.4 Å². The van der Waals surface area contributed by atoms with Gasteiger partial charge in [0.05, 0.1) is 18.7 Å². The van der Waals surface area contributed by atoms with Gasteiger partial charge in [-0.05, 0) is 63.6 Å². The maximum absolute atomic E-state index is 13.2. The Labute approximate surface area is 216 Å². The minimum absolute atomic E-state index is 0.0456. The zero-order valence-electron chi connectivity index (χ0n) is 21.7. The Morgan fingerprint density at radius 2 is 1.89 bits per heavy atom. The molecule has 1 atom stereocenters. The Kier molecular flexibility index (Phi) is 8.37. The van der Waals surface area contributed by atoms with Crippen molar-refractivity contribution in [2.24, 2.45) is 4.99 Å². The fraction of sp³-hybridized carbons (Fsp3) is 0.577. The summed E-state index contributed by atoms with van der Waals surface area (Å²) < 4.78 is 13.0. The third kappa shape index (κ3) is 7.10. The predicted molar refractivity (Wildman–Crippen MR) is 139 cm³/mol. The quantitative estimate of drug-likeness (QED) is 0.491. The van der Waals surface area contributed by atoms with E-state index in [1.54, 1.807) is 18.2 Å². The van der Waals surface area contributed by atoms with Gasteiger partial charge in [0.2, 0.25) is 0 Å². The lowest BCUT2D eigenvalue weighted by Gasteiger charge is -2.37. The topological polar surface area (TPSA) is 73.1 Å². The summed E-state index contributed by atoms with van der Waals surface area (Å²) in [5.74, 6) is -0.00117. The molecule has 1 saturated heterocycles. The first-order valence-electron chi connectivity index (χ1n) is 11.9. The number of ether oxygens (including phenoxy) is 2.